The number of amides is 4. The number of imide groups is 2. The van der Waals surface area contributed by atoms with Crippen LogP contribution < -0.4 is 15.0 Å². The molecule has 55 heavy (non-hydrogen) atoms. The van der Waals surface area contributed by atoms with Crippen LogP contribution in [0.25, 0.3) is 0 Å². The Balaban J connectivity index is 0.780. The van der Waals surface area contributed by atoms with Gasteiger partial charge in [-0.05, 0) is 74.6 Å². The molecule has 8 rings (SSSR count). The number of aryl methyl sites for hydroxylation is 3. The van der Waals surface area contributed by atoms with Gasteiger partial charge in [-0.3, -0.25) is 38.9 Å². The quantitative estimate of drug-likeness (QED) is 0.0835. The van der Waals surface area contributed by atoms with Crippen LogP contribution in [-0.2, 0) is 29.0 Å². The Labute approximate surface area is 315 Å². The average Bonchev–Trinajstić information content (AvgIpc) is 3.97. The Morgan fingerprint density at radius 2 is 1.80 bits per heavy atom. The fourth-order valence-electron chi connectivity index (χ4n) is 7.44. The predicted molar refractivity (Wildman–Crippen MR) is 197 cm³/mol. The zero-order valence-corrected chi connectivity index (χ0v) is 29.8. The SMILES string of the molecule is O=C1CCC(N2C(=O)c3cccc(OCCCc4cn(CCCc5cccc(N6CC7=C[C@@H]6CN7/C=C/C(=O)c6ccccc6O)n5)nn4)c3C2=O)C(=O)N1. The van der Waals surface area contributed by atoms with Crippen LogP contribution in [0.3, 0.4) is 0 Å². The van der Waals surface area contributed by atoms with E-state index in [0.717, 1.165) is 40.6 Å². The second-order valence-electron chi connectivity index (χ2n) is 13.8. The Bertz CT molecular complexity index is 2260. The minimum Gasteiger partial charge on any atom is -0.507 e. The highest BCUT2D eigenvalue weighted by Gasteiger charge is 2.46. The number of piperazine rings is 1. The summed E-state index contributed by atoms with van der Waals surface area (Å²) in [6.45, 7) is 2.35. The number of nitrogens with zero attached hydrogens (tertiary/aromatic N) is 7. The first-order chi connectivity index (χ1) is 26.7. The van der Waals surface area contributed by atoms with Gasteiger partial charge in [0.15, 0.2) is 5.78 Å². The maximum absolute atomic E-state index is 13.3. The van der Waals surface area contributed by atoms with Crippen LogP contribution in [0.15, 0.2) is 90.9 Å². The molecule has 1 unspecified atom stereocenters. The molecule has 2 bridgehead atoms. The number of aromatic hydroxyl groups is 1. The number of ketones is 1. The molecule has 2 N–H and O–H groups in total. The lowest BCUT2D eigenvalue weighted by Crippen LogP contribution is -2.54. The maximum Gasteiger partial charge on any atom is 0.266 e. The molecule has 2 aromatic heterocycles. The van der Waals surface area contributed by atoms with E-state index < -0.39 is 29.7 Å². The number of rotatable bonds is 14. The van der Waals surface area contributed by atoms with Crippen LogP contribution in [0, 0.1) is 0 Å². The van der Waals surface area contributed by atoms with Crippen molar-refractivity contribution < 1.29 is 33.8 Å². The van der Waals surface area contributed by atoms with Gasteiger partial charge in [0.05, 0.1) is 41.6 Å². The van der Waals surface area contributed by atoms with E-state index in [1.807, 2.05) is 29.1 Å². The third-order valence-electron chi connectivity index (χ3n) is 10.2. The van der Waals surface area contributed by atoms with E-state index in [1.165, 1.54) is 18.2 Å². The number of phenolic OH excluding ortho intramolecular Hbond substituents is 1. The lowest BCUT2D eigenvalue weighted by Gasteiger charge is -2.34. The first-order valence-corrected chi connectivity index (χ1v) is 18.3. The number of phenols is 1. The van der Waals surface area contributed by atoms with Crippen molar-refractivity contribution in [3.63, 3.8) is 0 Å². The summed E-state index contributed by atoms with van der Waals surface area (Å²) in [5.74, 6) is -1.34. The molecule has 15 heteroatoms. The molecule has 1 saturated heterocycles. The number of aromatic nitrogens is 4. The number of hydrogen-bond donors (Lipinski definition) is 2. The predicted octanol–water partition coefficient (Wildman–Crippen LogP) is 3.21. The molecule has 4 aliphatic heterocycles. The van der Waals surface area contributed by atoms with Crippen molar-refractivity contribution in [3.05, 3.63) is 119 Å². The van der Waals surface area contributed by atoms with Gasteiger partial charge >= 0.3 is 0 Å². The van der Waals surface area contributed by atoms with Gasteiger partial charge < -0.3 is 19.6 Å². The minimum absolute atomic E-state index is 0.0283. The zero-order chi connectivity index (χ0) is 38.1. The number of pyridine rings is 1. The maximum atomic E-state index is 13.3. The molecule has 2 aromatic carbocycles. The van der Waals surface area contributed by atoms with Gasteiger partial charge in [-0.1, -0.05) is 29.5 Å². The molecular formula is C40H38N8O7. The highest BCUT2D eigenvalue weighted by atomic mass is 16.5. The normalized spacial score (nSPS) is 19.1. The number of benzene rings is 2. The number of para-hydroxylation sites is 1. The number of nitrogens with one attached hydrogen (secondary N) is 1. The summed E-state index contributed by atoms with van der Waals surface area (Å²) in [6.07, 6.45) is 10.3. The number of piperidine rings is 1. The molecule has 4 aliphatic rings. The number of carbonyl (C=O) groups is 5. The van der Waals surface area contributed by atoms with E-state index >= 15 is 0 Å². The summed E-state index contributed by atoms with van der Waals surface area (Å²) >= 11 is 0. The number of allylic oxidation sites excluding steroid dienone is 1. The molecule has 280 valence electrons. The van der Waals surface area contributed by atoms with E-state index in [0.29, 0.717) is 32.5 Å². The number of fused-ring (bicyclic) bond motifs is 2. The van der Waals surface area contributed by atoms with Crippen molar-refractivity contribution in [2.24, 2.45) is 0 Å². The van der Waals surface area contributed by atoms with Gasteiger partial charge in [0.1, 0.15) is 23.4 Å². The van der Waals surface area contributed by atoms with E-state index in [4.69, 9.17) is 9.72 Å². The van der Waals surface area contributed by atoms with Crippen LogP contribution in [0.4, 0.5) is 5.82 Å². The largest absolute Gasteiger partial charge is 0.507 e. The van der Waals surface area contributed by atoms with Gasteiger partial charge in [0.25, 0.3) is 11.8 Å². The summed E-state index contributed by atoms with van der Waals surface area (Å²) in [4.78, 5) is 73.1. The van der Waals surface area contributed by atoms with Gasteiger partial charge in [-0.2, -0.15) is 0 Å². The Kier molecular flexibility index (Phi) is 9.66. The number of anilines is 1. The van der Waals surface area contributed by atoms with Crippen molar-refractivity contribution in [2.75, 3.05) is 24.6 Å². The summed E-state index contributed by atoms with van der Waals surface area (Å²) in [6, 6.07) is 16.5. The first-order valence-electron chi connectivity index (χ1n) is 18.3. The van der Waals surface area contributed by atoms with Crippen molar-refractivity contribution in [1.82, 2.24) is 35.1 Å². The number of carbonyl (C=O) groups excluding carboxylic acids is 5. The number of ether oxygens (including phenoxy) is 1. The molecule has 6 heterocycles. The fourth-order valence-corrected chi connectivity index (χ4v) is 7.44. The van der Waals surface area contributed by atoms with Crippen LogP contribution in [0.2, 0.25) is 0 Å². The van der Waals surface area contributed by atoms with Crippen molar-refractivity contribution >= 4 is 35.2 Å². The molecule has 1 fully saturated rings. The third-order valence-corrected chi connectivity index (χ3v) is 10.2. The summed E-state index contributed by atoms with van der Waals surface area (Å²) in [5.41, 5.74) is 3.49. The Morgan fingerprint density at radius 3 is 2.62 bits per heavy atom. The molecule has 4 amide bonds. The Hall–Kier alpha value is -6.64. The minimum atomic E-state index is -1.04. The highest BCUT2D eigenvalue weighted by Crippen LogP contribution is 2.34. The fraction of sp³-hybridized carbons (Fsp3) is 0.300. The molecule has 4 aromatic rings. The molecule has 0 aliphatic carbocycles. The molecule has 0 spiro atoms. The van der Waals surface area contributed by atoms with Gasteiger partial charge in [-0.15, -0.1) is 5.10 Å². The highest BCUT2D eigenvalue weighted by molar-refractivity contribution is 6.24. The van der Waals surface area contributed by atoms with Gasteiger partial charge in [-0.25, -0.2) is 4.98 Å². The molecule has 0 radical (unpaired) electrons. The summed E-state index contributed by atoms with van der Waals surface area (Å²) in [7, 11) is 0. The summed E-state index contributed by atoms with van der Waals surface area (Å²) < 4.78 is 7.76. The van der Waals surface area contributed by atoms with Gasteiger partial charge in [0.2, 0.25) is 11.8 Å². The molecule has 15 nitrogen and oxygen atoms in total. The lowest BCUT2D eigenvalue weighted by atomic mass is 10.0. The first kappa shape index (κ1) is 35.4. The monoisotopic (exact) mass is 742 g/mol. The van der Waals surface area contributed by atoms with E-state index in [1.54, 1.807) is 36.5 Å². The standard InChI is InChI=1S/C40H38N8O7/c49-32-12-2-1-10-29(32)33(50)17-19-45-23-28-21-27(45)24-47(28)35-14-3-7-25(41-35)8-5-18-46-22-26(43-44-46)9-6-20-55-34-13-4-11-30-37(34)40(54)48(39(30)53)31-15-16-36(51)42-38(31)52/h1-4,7,10-14,17,19,21-22,28,31,49H,5-6,8-9,15-16,18,20,23-24H2,(H,42,51,52)/b19-17+/t28-,31?/m1/s1. The second kappa shape index (κ2) is 15.0. The Morgan fingerprint density at radius 1 is 0.964 bits per heavy atom. The van der Waals surface area contributed by atoms with E-state index in [-0.39, 0.29) is 59.5 Å². The lowest BCUT2D eigenvalue weighted by molar-refractivity contribution is -0.136. The topological polar surface area (TPSA) is 180 Å². The summed E-state index contributed by atoms with van der Waals surface area (Å²) in [5, 5.41) is 20.8. The van der Waals surface area contributed by atoms with E-state index in [2.05, 4.69) is 31.5 Å². The van der Waals surface area contributed by atoms with Crippen molar-refractivity contribution in [2.45, 2.75) is 57.2 Å². The van der Waals surface area contributed by atoms with Gasteiger partial charge in [0, 0.05) is 49.4 Å². The van der Waals surface area contributed by atoms with Crippen LogP contribution in [0.5, 0.6) is 11.5 Å². The van der Waals surface area contributed by atoms with E-state index in [9.17, 15) is 29.1 Å². The van der Waals surface area contributed by atoms with Crippen LogP contribution in [0.1, 0.15) is 68.1 Å². The van der Waals surface area contributed by atoms with Crippen molar-refractivity contribution in [1.29, 1.82) is 0 Å². The average molecular weight is 743 g/mol. The van der Waals surface area contributed by atoms with Crippen LogP contribution in [-0.4, -0.2) is 96.1 Å². The zero-order valence-electron chi connectivity index (χ0n) is 29.8. The van der Waals surface area contributed by atoms with Crippen LogP contribution >= 0.6 is 0 Å². The van der Waals surface area contributed by atoms with Crippen molar-refractivity contribution in [3.8, 4) is 11.5 Å². The second-order valence-corrected chi connectivity index (χ2v) is 13.8. The third kappa shape index (κ3) is 7.20. The molecular weight excluding hydrogens is 704 g/mol. The molecule has 2 atom stereocenters. The molecule has 0 saturated carbocycles. The smallest absolute Gasteiger partial charge is 0.266 e. The number of hydrogen-bond acceptors (Lipinski definition) is 12.